The molecule has 2 rings (SSSR count). The largest absolute Gasteiger partial charge is 0.376 e. The summed E-state index contributed by atoms with van der Waals surface area (Å²) in [5.74, 6) is 0.836. The molecule has 4 heteroatoms. The molecule has 98 valence electrons. The Morgan fingerprint density at radius 1 is 1.29 bits per heavy atom. The fourth-order valence-corrected chi connectivity index (χ4v) is 3.09. The monoisotopic (exact) mass is 240 g/mol. The Hall–Kier alpha value is -0.610. The minimum absolute atomic E-state index is 0.0987. The number of rotatable bonds is 2. The van der Waals surface area contributed by atoms with Gasteiger partial charge in [0.05, 0.1) is 12.1 Å². The van der Waals surface area contributed by atoms with Crippen LogP contribution in [0.15, 0.2) is 0 Å². The van der Waals surface area contributed by atoms with E-state index in [9.17, 15) is 4.79 Å². The molecule has 5 atom stereocenters. The third kappa shape index (κ3) is 3.19. The van der Waals surface area contributed by atoms with Crippen LogP contribution in [0.25, 0.3) is 0 Å². The van der Waals surface area contributed by atoms with Gasteiger partial charge >= 0.3 is 0 Å². The summed E-state index contributed by atoms with van der Waals surface area (Å²) in [7, 11) is 0. The van der Waals surface area contributed by atoms with Crippen LogP contribution in [-0.2, 0) is 9.53 Å². The van der Waals surface area contributed by atoms with E-state index < -0.39 is 0 Å². The third-order valence-corrected chi connectivity index (χ3v) is 4.05. The predicted molar refractivity (Wildman–Crippen MR) is 66.4 cm³/mol. The van der Waals surface area contributed by atoms with Crippen molar-refractivity contribution in [2.75, 3.05) is 6.61 Å². The molecule has 0 aromatic carbocycles. The topological polar surface area (TPSA) is 64.4 Å². The Bertz CT molecular complexity index is 273. The van der Waals surface area contributed by atoms with Gasteiger partial charge in [0.15, 0.2) is 0 Å². The van der Waals surface area contributed by atoms with Crippen molar-refractivity contribution in [1.29, 1.82) is 0 Å². The van der Waals surface area contributed by atoms with Gasteiger partial charge < -0.3 is 15.8 Å². The van der Waals surface area contributed by atoms with Gasteiger partial charge in [-0.3, -0.25) is 4.79 Å². The molecule has 0 aromatic heterocycles. The second-order valence-corrected chi connectivity index (χ2v) is 5.75. The number of nitrogens with two attached hydrogens (primary N) is 1. The molecule has 1 aliphatic carbocycles. The van der Waals surface area contributed by atoms with Crippen molar-refractivity contribution in [3.05, 3.63) is 0 Å². The number of hydrogen-bond acceptors (Lipinski definition) is 3. The molecule has 17 heavy (non-hydrogen) atoms. The van der Waals surface area contributed by atoms with Gasteiger partial charge in [-0.05, 0) is 38.5 Å². The molecule has 0 spiro atoms. The normalized spacial score (nSPS) is 42.4. The first-order chi connectivity index (χ1) is 8.06. The van der Waals surface area contributed by atoms with E-state index in [4.69, 9.17) is 10.5 Å². The molecule has 1 aliphatic heterocycles. The highest BCUT2D eigenvalue weighted by atomic mass is 16.5. The van der Waals surface area contributed by atoms with Crippen LogP contribution in [0.2, 0.25) is 0 Å². The zero-order valence-electron chi connectivity index (χ0n) is 10.8. The molecule has 2 fully saturated rings. The predicted octanol–water partition coefficient (Wildman–Crippen LogP) is 1.04. The average molecular weight is 240 g/mol. The second-order valence-electron chi connectivity index (χ2n) is 5.75. The number of amides is 1. The highest BCUT2D eigenvalue weighted by Crippen LogP contribution is 2.28. The highest BCUT2D eigenvalue weighted by Gasteiger charge is 2.32. The molecular formula is C13H24N2O2. The van der Waals surface area contributed by atoms with E-state index >= 15 is 0 Å². The van der Waals surface area contributed by atoms with Crippen LogP contribution < -0.4 is 11.1 Å². The lowest BCUT2D eigenvalue weighted by molar-refractivity contribution is -0.127. The minimum atomic E-state index is 0.0987. The number of nitrogens with one attached hydrogen (secondary N) is 1. The van der Waals surface area contributed by atoms with E-state index in [1.54, 1.807) is 0 Å². The molecule has 3 N–H and O–H groups in total. The molecule has 4 nitrogen and oxygen atoms in total. The Kier molecular flexibility index (Phi) is 4.05. The molecule has 0 bridgehead atoms. The fraction of sp³-hybridized carbons (Fsp3) is 0.923. The number of ether oxygens (including phenoxy) is 1. The molecular weight excluding hydrogens is 216 g/mol. The number of carbonyl (C=O) groups is 1. The van der Waals surface area contributed by atoms with Crippen LogP contribution in [0.4, 0.5) is 0 Å². The molecule has 1 amide bonds. The van der Waals surface area contributed by atoms with Crippen LogP contribution in [0.1, 0.15) is 39.5 Å². The van der Waals surface area contributed by atoms with Gasteiger partial charge in [-0.15, -0.1) is 0 Å². The van der Waals surface area contributed by atoms with Crippen molar-refractivity contribution in [2.24, 2.45) is 17.6 Å². The zero-order chi connectivity index (χ0) is 12.4. The maximum atomic E-state index is 12.2. The maximum Gasteiger partial charge on any atom is 0.223 e. The molecule has 1 heterocycles. The van der Waals surface area contributed by atoms with E-state index in [0.717, 1.165) is 32.3 Å². The van der Waals surface area contributed by atoms with Gasteiger partial charge in [0, 0.05) is 18.6 Å². The lowest BCUT2D eigenvalue weighted by Gasteiger charge is -2.31. The van der Waals surface area contributed by atoms with E-state index in [1.807, 2.05) is 6.92 Å². The van der Waals surface area contributed by atoms with Gasteiger partial charge in [0.2, 0.25) is 5.91 Å². The van der Waals surface area contributed by atoms with E-state index in [1.165, 1.54) is 0 Å². The maximum absolute atomic E-state index is 12.2. The summed E-state index contributed by atoms with van der Waals surface area (Å²) in [5, 5.41) is 3.12. The SMILES string of the molecule is CC1CC(N)CC(C(=O)NC2CCOC2C)C1. The molecule has 1 saturated heterocycles. The Morgan fingerprint density at radius 2 is 2.06 bits per heavy atom. The van der Waals surface area contributed by atoms with E-state index in [2.05, 4.69) is 12.2 Å². The van der Waals surface area contributed by atoms with Gasteiger partial charge in [0.25, 0.3) is 0 Å². The summed E-state index contributed by atoms with van der Waals surface area (Å²) in [6.07, 6.45) is 3.93. The van der Waals surface area contributed by atoms with Crippen LogP contribution in [0, 0.1) is 11.8 Å². The molecule has 0 aromatic rings. The molecule has 2 aliphatic rings. The zero-order valence-corrected chi connectivity index (χ0v) is 10.8. The fourth-order valence-electron chi connectivity index (χ4n) is 3.09. The van der Waals surface area contributed by atoms with Crippen molar-refractivity contribution in [2.45, 2.75) is 57.7 Å². The van der Waals surface area contributed by atoms with E-state index in [0.29, 0.717) is 5.92 Å². The standard InChI is InChI=1S/C13H24N2O2/c1-8-5-10(7-11(14)6-8)13(16)15-12-3-4-17-9(12)2/h8-12H,3-7,14H2,1-2H3,(H,15,16). The minimum Gasteiger partial charge on any atom is -0.376 e. The van der Waals surface area contributed by atoms with Gasteiger partial charge in [-0.2, -0.15) is 0 Å². The summed E-state index contributed by atoms with van der Waals surface area (Å²) >= 11 is 0. The van der Waals surface area contributed by atoms with Crippen molar-refractivity contribution in [3.8, 4) is 0 Å². The summed E-state index contributed by atoms with van der Waals surface area (Å²) in [6, 6.07) is 0.378. The Labute approximate surface area is 103 Å². The third-order valence-electron chi connectivity index (χ3n) is 4.05. The van der Waals surface area contributed by atoms with Gasteiger partial charge in [0.1, 0.15) is 0 Å². The molecule has 1 saturated carbocycles. The number of hydrogen-bond donors (Lipinski definition) is 2. The van der Waals surface area contributed by atoms with Gasteiger partial charge in [-0.1, -0.05) is 6.92 Å². The highest BCUT2D eigenvalue weighted by molar-refractivity contribution is 5.79. The Balaban J connectivity index is 1.86. The summed E-state index contributed by atoms with van der Waals surface area (Å²) in [6.45, 7) is 4.96. The first kappa shape index (κ1) is 12.8. The van der Waals surface area contributed by atoms with Gasteiger partial charge in [-0.25, -0.2) is 0 Å². The molecule has 5 unspecified atom stereocenters. The lowest BCUT2D eigenvalue weighted by atomic mass is 9.79. The lowest BCUT2D eigenvalue weighted by Crippen LogP contribution is -2.45. The van der Waals surface area contributed by atoms with Crippen molar-refractivity contribution in [1.82, 2.24) is 5.32 Å². The van der Waals surface area contributed by atoms with Crippen LogP contribution in [-0.4, -0.2) is 30.7 Å². The first-order valence-corrected chi connectivity index (χ1v) is 6.73. The molecule has 0 radical (unpaired) electrons. The van der Waals surface area contributed by atoms with E-state index in [-0.39, 0.29) is 30.0 Å². The van der Waals surface area contributed by atoms with Crippen molar-refractivity contribution < 1.29 is 9.53 Å². The van der Waals surface area contributed by atoms with Crippen LogP contribution in [0.5, 0.6) is 0 Å². The smallest absolute Gasteiger partial charge is 0.223 e. The second kappa shape index (κ2) is 5.36. The summed E-state index contributed by atoms with van der Waals surface area (Å²) in [5.41, 5.74) is 5.98. The van der Waals surface area contributed by atoms with Crippen molar-refractivity contribution >= 4 is 5.91 Å². The summed E-state index contributed by atoms with van der Waals surface area (Å²) < 4.78 is 5.46. The quantitative estimate of drug-likeness (QED) is 0.758. The van der Waals surface area contributed by atoms with Crippen LogP contribution in [0.3, 0.4) is 0 Å². The first-order valence-electron chi connectivity index (χ1n) is 6.73. The summed E-state index contributed by atoms with van der Waals surface area (Å²) in [4.78, 5) is 12.2. The number of carbonyl (C=O) groups excluding carboxylic acids is 1. The average Bonchev–Trinajstić information content (AvgIpc) is 2.63. The van der Waals surface area contributed by atoms with Crippen LogP contribution >= 0.6 is 0 Å². The Morgan fingerprint density at radius 3 is 2.65 bits per heavy atom. The van der Waals surface area contributed by atoms with Crippen molar-refractivity contribution in [3.63, 3.8) is 0 Å².